The zero-order valence-electron chi connectivity index (χ0n) is 14.7. The molecule has 0 saturated carbocycles. The molecule has 22 heavy (non-hydrogen) atoms. The largest absolute Gasteiger partial charge is 0.425 e. The Hall–Kier alpha value is -1.62. The number of ether oxygens (including phenoxy) is 1. The Kier molecular flexibility index (Phi) is 5.95. The Morgan fingerprint density at radius 1 is 1.32 bits per heavy atom. The van der Waals surface area contributed by atoms with Crippen LogP contribution in [0, 0.1) is 13.8 Å². The smallest absolute Gasteiger partial charge is 0.328 e. The van der Waals surface area contributed by atoms with Crippen LogP contribution in [-0.4, -0.2) is 32.6 Å². The van der Waals surface area contributed by atoms with Crippen LogP contribution in [0.1, 0.15) is 43.9 Å². The molecule has 0 bridgehead atoms. The molecule has 0 fully saturated rings. The predicted octanol–water partition coefficient (Wildman–Crippen LogP) is 1.64. The highest BCUT2D eigenvalue weighted by Gasteiger charge is 2.29. The van der Waals surface area contributed by atoms with Gasteiger partial charge in [0, 0.05) is 12.0 Å². The van der Waals surface area contributed by atoms with Gasteiger partial charge in [-0.15, -0.1) is 0 Å². The van der Waals surface area contributed by atoms with Gasteiger partial charge in [-0.2, -0.15) is 0 Å². The lowest BCUT2D eigenvalue weighted by Crippen LogP contribution is -2.35. The van der Waals surface area contributed by atoms with Crippen molar-refractivity contribution in [1.82, 2.24) is 5.32 Å². The summed E-state index contributed by atoms with van der Waals surface area (Å²) in [5.41, 5.74) is 2.71. The Bertz CT molecular complexity index is 582. The molecular weight excluding hydrogens is 277 g/mol. The number of esters is 1. The third-order valence-electron chi connectivity index (χ3n) is 3.81. The van der Waals surface area contributed by atoms with Crippen molar-refractivity contribution in [2.75, 3.05) is 7.05 Å². The maximum absolute atomic E-state index is 12.1. The number of nitrogens with one attached hydrogen (secondary N) is 1. The van der Waals surface area contributed by atoms with Gasteiger partial charge in [0.25, 0.3) is 0 Å². The molecule has 5 heteroatoms. The molecule has 0 radical (unpaired) electrons. The van der Waals surface area contributed by atoms with Crippen molar-refractivity contribution >= 4 is 19.5 Å². The van der Waals surface area contributed by atoms with Crippen molar-refractivity contribution in [1.29, 1.82) is 0 Å². The van der Waals surface area contributed by atoms with Crippen LogP contribution in [0.15, 0.2) is 12.1 Å². The third kappa shape index (κ3) is 4.44. The van der Waals surface area contributed by atoms with Crippen LogP contribution in [0.3, 0.4) is 0 Å². The number of carbonyl (C=O) groups excluding carboxylic acids is 2. The van der Waals surface area contributed by atoms with E-state index < -0.39 is 0 Å². The van der Waals surface area contributed by atoms with E-state index in [1.165, 1.54) is 0 Å². The second-order valence-corrected chi connectivity index (χ2v) is 6.65. The maximum atomic E-state index is 12.1. The standard InChI is InChI=1S/C17H26BNO3/c1-10-7-11(2)15(17(4,5)9-14(18)20)13(8-10)22-16(21)12(3)19-6/h7-8,12,19H,9,18H2,1-6H3. The molecular formula is C17H26BNO3. The average Bonchev–Trinajstić information content (AvgIpc) is 2.34. The lowest BCUT2D eigenvalue weighted by molar-refractivity contribution is -0.136. The van der Waals surface area contributed by atoms with Gasteiger partial charge in [0.1, 0.15) is 11.8 Å². The summed E-state index contributed by atoms with van der Waals surface area (Å²) in [6, 6.07) is 3.53. The fourth-order valence-corrected chi connectivity index (χ4v) is 2.90. The molecule has 0 heterocycles. The van der Waals surface area contributed by atoms with Crippen molar-refractivity contribution in [3.8, 4) is 5.75 Å². The van der Waals surface area contributed by atoms with Crippen molar-refractivity contribution < 1.29 is 14.3 Å². The van der Waals surface area contributed by atoms with Gasteiger partial charge in [-0.3, -0.25) is 0 Å². The molecule has 0 amide bonds. The summed E-state index contributed by atoms with van der Waals surface area (Å²) < 4.78 is 5.62. The second-order valence-electron chi connectivity index (χ2n) is 6.65. The first-order chi connectivity index (χ1) is 10.1. The van der Waals surface area contributed by atoms with E-state index in [0.29, 0.717) is 12.2 Å². The summed E-state index contributed by atoms with van der Waals surface area (Å²) >= 11 is 0. The van der Waals surface area contributed by atoms with Gasteiger partial charge in [-0.25, -0.2) is 4.79 Å². The number of carbonyl (C=O) groups is 2. The second kappa shape index (κ2) is 7.10. The molecule has 0 aliphatic carbocycles. The Labute approximate surface area is 134 Å². The van der Waals surface area contributed by atoms with Gasteiger partial charge in [0.15, 0.2) is 7.85 Å². The molecule has 0 aromatic heterocycles. The van der Waals surface area contributed by atoms with E-state index in [1.807, 2.05) is 33.8 Å². The quantitative estimate of drug-likeness (QED) is 0.493. The summed E-state index contributed by atoms with van der Waals surface area (Å²) in [5.74, 6) is 0.225. The van der Waals surface area contributed by atoms with Crippen LogP contribution < -0.4 is 10.1 Å². The fraction of sp³-hybridized carbons (Fsp3) is 0.529. The van der Waals surface area contributed by atoms with E-state index in [-0.39, 0.29) is 23.1 Å². The minimum Gasteiger partial charge on any atom is -0.425 e. The van der Waals surface area contributed by atoms with Crippen LogP contribution in [0.5, 0.6) is 5.75 Å². The minimum absolute atomic E-state index is 0.117. The van der Waals surface area contributed by atoms with Crippen molar-refractivity contribution in [2.45, 2.75) is 52.5 Å². The SMILES string of the molecule is BC(=O)CC(C)(C)c1c(C)cc(C)cc1OC(=O)C(C)NC. The normalized spacial score (nSPS) is 12.8. The molecule has 1 aromatic rings. The Balaban J connectivity index is 3.32. The maximum Gasteiger partial charge on any atom is 0.328 e. The number of hydrogen-bond donors (Lipinski definition) is 1. The van der Waals surface area contributed by atoms with Gasteiger partial charge in [0.05, 0.1) is 5.68 Å². The lowest BCUT2D eigenvalue weighted by atomic mass is 9.74. The van der Waals surface area contributed by atoms with E-state index in [2.05, 4.69) is 11.4 Å². The molecule has 0 aliphatic rings. The Morgan fingerprint density at radius 3 is 2.41 bits per heavy atom. The van der Waals surface area contributed by atoms with Gasteiger partial charge in [-0.1, -0.05) is 19.9 Å². The number of aryl methyl sites for hydroxylation is 2. The summed E-state index contributed by atoms with van der Waals surface area (Å²) in [7, 11) is 3.30. The fourth-order valence-electron chi connectivity index (χ4n) is 2.90. The highest BCUT2D eigenvalue weighted by molar-refractivity contribution is 6.57. The zero-order chi connectivity index (χ0) is 17.1. The van der Waals surface area contributed by atoms with Crippen LogP contribution in [0.2, 0.25) is 0 Å². The molecule has 0 saturated heterocycles. The first kappa shape index (κ1) is 18.4. The molecule has 0 aliphatic heterocycles. The number of benzene rings is 1. The first-order valence-electron chi connectivity index (χ1n) is 7.58. The van der Waals surface area contributed by atoms with Crippen molar-refractivity contribution in [2.24, 2.45) is 0 Å². The highest BCUT2D eigenvalue weighted by Crippen LogP contribution is 2.38. The molecule has 1 aromatic carbocycles. The molecule has 1 atom stereocenters. The summed E-state index contributed by atoms with van der Waals surface area (Å²) in [6.07, 6.45) is 0.406. The molecule has 0 spiro atoms. The van der Waals surface area contributed by atoms with Crippen molar-refractivity contribution in [3.05, 3.63) is 28.8 Å². The summed E-state index contributed by atoms with van der Waals surface area (Å²) in [6.45, 7) is 9.72. The van der Waals surface area contributed by atoms with Gasteiger partial charge < -0.3 is 14.8 Å². The topological polar surface area (TPSA) is 55.4 Å². The van der Waals surface area contributed by atoms with Gasteiger partial charge >= 0.3 is 5.97 Å². The average molecular weight is 303 g/mol. The van der Waals surface area contributed by atoms with E-state index in [4.69, 9.17) is 4.74 Å². The van der Waals surface area contributed by atoms with Crippen LogP contribution in [0.25, 0.3) is 0 Å². The molecule has 1 N–H and O–H groups in total. The van der Waals surface area contributed by atoms with Crippen LogP contribution in [-0.2, 0) is 15.0 Å². The summed E-state index contributed by atoms with van der Waals surface area (Å²) in [4.78, 5) is 23.7. The Morgan fingerprint density at radius 2 is 1.91 bits per heavy atom. The lowest BCUT2D eigenvalue weighted by Gasteiger charge is -2.29. The van der Waals surface area contributed by atoms with Gasteiger partial charge in [0.2, 0.25) is 0 Å². The van der Waals surface area contributed by atoms with E-state index in [9.17, 15) is 9.59 Å². The summed E-state index contributed by atoms with van der Waals surface area (Å²) in [5, 5.41) is 2.88. The van der Waals surface area contributed by atoms with Crippen molar-refractivity contribution in [3.63, 3.8) is 0 Å². The third-order valence-corrected chi connectivity index (χ3v) is 3.81. The monoisotopic (exact) mass is 303 g/mol. The number of hydrogen-bond acceptors (Lipinski definition) is 4. The van der Waals surface area contributed by atoms with Gasteiger partial charge in [-0.05, 0) is 50.4 Å². The van der Waals surface area contributed by atoms with Crippen LogP contribution >= 0.6 is 0 Å². The molecule has 4 nitrogen and oxygen atoms in total. The van der Waals surface area contributed by atoms with Crippen LogP contribution in [0.4, 0.5) is 0 Å². The van der Waals surface area contributed by atoms with E-state index in [0.717, 1.165) is 16.7 Å². The molecule has 120 valence electrons. The number of rotatable bonds is 6. The van der Waals surface area contributed by atoms with E-state index in [1.54, 1.807) is 21.8 Å². The minimum atomic E-state index is -0.387. The molecule has 1 rings (SSSR count). The zero-order valence-corrected chi connectivity index (χ0v) is 14.7. The highest BCUT2D eigenvalue weighted by atomic mass is 16.5. The molecule has 1 unspecified atom stereocenters. The predicted molar refractivity (Wildman–Crippen MR) is 91.3 cm³/mol. The van der Waals surface area contributed by atoms with E-state index >= 15 is 0 Å². The first-order valence-corrected chi connectivity index (χ1v) is 7.58. The number of likely N-dealkylation sites (N-methyl/N-ethyl adjacent to an activating group) is 1.